The Bertz CT molecular complexity index is 1050. The SMILES string of the molecule is CC1CCc2c(sc(NC(=O)Cc3cn(C)c4ccccc34)c2C(N)=O)C1. The molecule has 4 rings (SSSR count). The van der Waals surface area contributed by atoms with Crippen molar-refractivity contribution in [2.75, 3.05) is 5.32 Å². The van der Waals surface area contributed by atoms with Gasteiger partial charge in [0.1, 0.15) is 5.00 Å². The molecule has 6 heteroatoms. The number of nitrogens with two attached hydrogens (primary N) is 1. The zero-order chi connectivity index (χ0) is 19.1. The molecular weight excluding hydrogens is 358 g/mol. The molecule has 0 spiro atoms. The van der Waals surface area contributed by atoms with E-state index in [1.165, 1.54) is 16.2 Å². The molecule has 1 aromatic carbocycles. The first-order valence-electron chi connectivity index (χ1n) is 9.21. The van der Waals surface area contributed by atoms with E-state index in [-0.39, 0.29) is 12.3 Å². The Morgan fingerprint density at radius 2 is 2.11 bits per heavy atom. The number of aryl methyl sites for hydroxylation is 1. The molecule has 1 atom stereocenters. The lowest BCUT2D eigenvalue weighted by Crippen LogP contribution is -2.20. The van der Waals surface area contributed by atoms with Gasteiger partial charge in [-0.2, -0.15) is 0 Å². The Morgan fingerprint density at radius 3 is 2.89 bits per heavy atom. The predicted octanol–water partition coefficient (Wildman–Crippen LogP) is 3.64. The second-order valence-electron chi connectivity index (χ2n) is 7.43. The number of benzene rings is 1. The van der Waals surface area contributed by atoms with Gasteiger partial charge in [0.25, 0.3) is 5.91 Å². The van der Waals surface area contributed by atoms with Crippen LogP contribution < -0.4 is 11.1 Å². The normalized spacial score (nSPS) is 16.3. The van der Waals surface area contributed by atoms with Crippen LogP contribution in [0.2, 0.25) is 0 Å². The van der Waals surface area contributed by atoms with Crippen LogP contribution in [0.15, 0.2) is 30.5 Å². The van der Waals surface area contributed by atoms with Crippen molar-refractivity contribution in [3.63, 3.8) is 0 Å². The van der Waals surface area contributed by atoms with Gasteiger partial charge in [-0.05, 0) is 42.4 Å². The quantitative estimate of drug-likeness (QED) is 0.724. The molecule has 0 bridgehead atoms. The lowest BCUT2D eigenvalue weighted by Gasteiger charge is -2.18. The molecule has 2 heterocycles. The van der Waals surface area contributed by atoms with E-state index in [0.717, 1.165) is 41.3 Å². The molecule has 0 fully saturated rings. The minimum Gasteiger partial charge on any atom is -0.365 e. The summed E-state index contributed by atoms with van der Waals surface area (Å²) >= 11 is 1.50. The highest BCUT2D eigenvalue weighted by Crippen LogP contribution is 2.39. The van der Waals surface area contributed by atoms with Gasteiger partial charge in [-0.3, -0.25) is 9.59 Å². The second-order valence-corrected chi connectivity index (χ2v) is 8.53. The number of nitrogens with zero attached hydrogens (tertiary/aromatic N) is 1. The van der Waals surface area contributed by atoms with Crippen LogP contribution in [0.4, 0.5) is 5.00 Å². The van der Waals surface area contributed by atoms with Crippen molar-refractivity contribution in [3.8, 4) is 0 Å². The van der Waals surface area contributed by atoms with Crippen LogP contribution in [0.3, 0.4) is 0 Å². The van der Waals surface area contributed by atoms with Gasteiger partial charge in [-0.15, -0.1) is 11.3 Å². The number of para-hydroxylation sites is 1. The van der Waals surface area contributed by atoms with E-state index < -0.39 is 5.91 Å². The first-order valence-corrected chi connectivity index (χ1v) is 10.0. The van der Waals surface area contributed by atoms with Crippen molar-refractivity contribution in [3.05, 3.63) is 52.0 Å². The van der Waals surface area contributed by atoms with Gasteiger partial charge in [0.15, 0.2) is 0 Å². The molecule has 3 aromatic rings. The number of carbonyl (C=O) groups excluding carboxylic acids is 2. The van der Waals surface area contributed by atoms with Crippen molar-refractivity contribution < 1.29 is 9.59 Å². The molecule has 1 aliphatic carbocycles. The van der Waals surface area contributed by atoms with E-state index in [4.69, 9.17) is 5.73 Å². The maximum Gasteiger partial charge on any atom is 0.251 e. The van der Waals surface area contributed by atoms with E-state index in [2.05, 4.69) is 12.2 Å². The zero-order valence-corrected chi connectivity index (χ0v) is 16.4. The first-order chi connectivity index (χ1) is 12.9. The van der Waals surface area contributed by atoms with Crippen LogP contribution >= 0.6 is 11.3 Å². The van der Waals surface area contributed by atoms with Crippen molar-refractivity contribution in [1.82, 2.24) is 4.57 Å². The van der Waals surface area contributed by atoms with Gasteiger partial charge >= 0.3 is 0 Å². The summed E-state index contributed by atoms with van der Waals surface area (Å²) in [4.78, 5) is 25.9. The fraction of sp³-hybridized carbons (Fsp3) is 0.333. The molecule has 27 heavy (non-hydrogen) atoms. The van der Waals surface area contributed by atoms with Gasteiger partial charge < -0.3 is 15.6 Å². The average Bonchev–Trinajstić information content (AvgIpc) is 3.12. The first kappa shape index (κ1) is 17.8. The number of primary amides is 1. The molecule has 1 aliphatic rings. The fourth-order valence-corrected chi connectivity index (χ4v) is 5.44. The Kier molecular flexibility index (Phi) is 4.52. The lowest BCUT2D eigenvalue weighted by atomic mass is 9.88. The fourth-order valence-electron chi connectivity index (χ4n) is 4.01. The van der Waals surface area contributed by atoms with Crippen molar-refractivity contribution >= 4 is 39.1 Å². The van der Waals surface area contributed by atoms with Crippen LogP contribution in [0.1, 0.15) is 39.7 Å². The van der Waals surface area contributed by atoms with E-state index in [9.17, 15) is 9.59 Å². The average molecular weight is 382 g/mol. The number of carbonyl (C=O) groups is 2. The van der Waals surface area contributed by atoms with Gasteiger partial charge in [-0.1, -0.05) is 25.1 Å². The van der Waals surface area contributed by atoms with Crippen LogP contribution in [-0.2, 0) is 31.1 Å². The van der Waals surface area contributed by atoms with E-state index >= 15 is 0 Å². The number of anilines is 1. The molecule has 0 saturated heterocycles. The number of rotatable bonds is 4. The smallest absolute Gasteiger partial charge is 0.251 e. The molecule has 140 valence electrons. The largest absolute Gasteiger partial charge is 0.365 e. The maximum atomic E-state index is 12.7. The predicted molar refractivity (Wildman–Crippen MR) is 109 cm³/mol. The Labute approximate surface area is 162 Å². The maximum absolute atomic E-state index is 12.7. The van der Waals surface area contributed by atoms with Crippen molar-refractivity contribution in [2.45, 2.75) is 32.6 Å². The van der Waals surface area contributed by atoms with Gasteiger partial charge in [0.2, 0.25) is 5.91 Å². The minimum absolute atomic E-state index is 0.125. The molecule has 3 N–H and O–H groups in total. The number of thiophene rings is 1. The van der Waals surface area contributed by atoms with Crippen LogP contribution in [0.25, 0.3) is 10.9 Å². The van der Waals surface area contributed by atoms with Gasteiger partial charge in [0.05, 0.1) is 12.0 Å². The molecule has 0 aliphatic heterocycles. The molecule has 5 nitrogen and oxygen atoms in total. The summed E-state index contributed by atoms with van der Waals surface area (Å²) in [5.41, 5.74) is 9.25. The Hall–Kier alpha value is -2.60. The highest BCUT2D eigenvalue weighted by molar-refractivity contribution is 7.17. The Morgan fingerprint density at radius 1 is 1.33 bits per heavy atom. The number of hydrogen-bond donors (Lipinski definition) is 2. The zero-order valence-electron chi connectivity index (χ0n) is 15.5. The van der Waals surface area contributed by atoms with Gasteiger partial charge in [-0.25, -0.2) is 0 Å². The number of nitrogens with one attached hydrogen (secondary N) is 1. The van der Waals surface area contributed by atoms with Crippen LogP contribution in [0.5, 0.6) is 0 Å². The molecule has 1 unspecified atom stereocenters. The van der Waals surface area contributed by atoms with E-state index in [0.29, 0.717) is 16.5 Å². The van der Waals surface area contributed by atoms with Crippen molar-refractivity contribution in [2.24, 2.45) is 18.7 Å². The number of fused-ring (bicyclic) bond motifs is 2. The third-order valence-electron chi connectivity index (χ3n) is 5.34. The molecule has 2 aromatic heterocycles. The number of aromatic nitrogens is 1. The molecule has 0 saturated carbocycles. The topological polar surface area (TPSA) is 77.1 Å². The Balaban J connectivity index is 1.60. The highest BCUT2D eigenvalue weighted by Gasteiger charge is 2.27. The molecule has 2 amide bonds. The standard InChI is InChI=1S/C21H23N3O2S/c1-12-7-8-15-17(9-12)27-21(19(15)20(22)26)23-18(25)10-13-11-24(2)16-6-4-3-5-14(13)16/h3-6,11-12H,7-10H2,1-2H3,(H2,22,26)(H,23,25). The van der Waals surface area contributed by atoms with Crippen LogP contribution in [-0.4, -0.2) is 16.4 Å². The van der Waals surface area contributed by atoms with Crippen LogP contribution in [0, 0.1) is 5.92 Å². The summed E-state index contributed by atoms with van der Waals surface area (Å²) < 4.78 is 2.03. The van der Waals surface area contributed by atoms with Gasteiger partial charge in [0, 0.05) is 29.0 Å². The summed E-state index contributed by atoms with van der Waals surface area (Å²) in [6.07, 6.45) is 5.09. The minimum atomic E-state index is -0.456. The summed E-state index contributed by atoms with van der Waals surface area (Å²) in [5.74, 6) is 0.0131. The third-order valence-corrected chi connectivity index (χ3v) is 6.51. The third kappa shape index (κ3) is 3.25. The second kappa shape index (κ2) is 6.85. The van der Waals surface area contributed by atoms with Crippen molar-refractivity contribution in [1.29, 1.82) is 0 Å². The number of amides is 2. The molecular formula is C21H23N3O2S. The van der Waals surface area contributed by atoms with E-state index in [1.54, 1.807) is 0 Å². The number of hydrogen-bond acceptors (Lipinski definition) is 3. The summed E-state index contributed by atoms with van der Waals surface area (Å²) in [6.45, 7) is 2.21. The summed E-state index contributed by atoms with van der Waals surface area (Å²) in [7, 11) is 1.98. The molecule has 0 radical (unpaired) electrons. The summed E-state index contributed by atoms with van der Waals surface area (Å²) in [6, 6.07) is 8.03. The summed E-state index contributed by atoms with van der Waals surface area (Å²) in [5, 5.41) is 4.63. The lowest BCUT2D eigenvalue weighted by molar-refractivity contribution is -0.115. The van der Waals surface area contributed by atoms with E-state index in [1.807, 2.05) is 42.1 Å². The monoisotopic (exact) mass is 381 g/mol. The highest BCUT2D eigenvalue weighted by atomic mass is 32.1.